The molecule has 0 unspecified atom stereocenters. The van der Waals surface area contributed by atoms with Crippen molar-refractivity contribution in [1.82, 2.24) is 9.88 Å². The molecule has 1 N–H and O–H groups in total. The lowest BCUT2D eigenvalue weighted by Crippen LogP contribution is -2.38. The monoisotopic (exact) mass is 308 g/mol. The van der Waals surface area contributed by atoms with Crippen LogP contribution in [0, 0.1) is 0 Å². The van der Waals surface area contributed by atoms with Crippen LogP contribution in [-0.2, 0) is 11.3 Å². The first-order valence-electron chi connectivity index (χ1n) is 6.87. The molecule has 2 aromatic rings. The van der Waals surface area contributed by atoms with E-state index in [-0.39, 0.29) is 11.2 Å². The molecule has 5 heteroatoms. The molecule has 0 aliphatic heterocycles. The van der Waals surface area contributed by atoms with Crippen molar-refractivity contribution in [3.63, 3.8) is 0 Å². The first kappa shape index (κ1) is 16.0. The SMILES string of the molecule is COC(C)(C)CN(C)Cc1c(Cl)c2ccccc2[nH]c1=O. The third-order valence-electron chi connectivity index (χ3n) is 3.58. The number of likely N-dealkylation sites (N-methyl/N-ethyl adjacent to an activating group) is 1. The highest BCUT2D eigenvalue weighted by Gasteiger charge is 2.20. The van der Waals surface area contributed by atoms with Gasteiger partial charge in [0.2, 0.25) is 0 Å². The lowest BCUT2D eigenvalue weighted by molar-refractivity contribution is -0.00353. The smallest absolute Gasteiger partial charge is 0.254 e. The summed E-state index contributed by atoms with van der Waals surface area (Å²) in [6.07, 6.45) is 0. The maximum Gasteiger partial charge on any atom is 0.254 e. The summed E-state index contributed by atoms with van der Waals surface area (Å²) >= 11 is 6.42. The van der Waals surface area contributed by atoms with Gasteiger partial charge in [-0.1, -0.05) is 29.8 Å². The maximum atomic E-state index is 12.2. The van der Waals surface area contributed by atoms with Crippen molar-refractivity contribution in [2.24, 2.45) is 0 Å². The molecule has 0 radical (unpaired) electrons. The Morgan fingerprint density at radius 2 is 2.00 bits per heavy atom. The second kappa shape index (κ2) is 6.18. The van der Waals surface area contributed by atoms with Gasteiger partial charge in [-0.2, -0.15) is 0 Å². The van der Waals surface area contributed by atoms with E-state index in [9.17, 15) is 4.79 Å². The molecule has 1 heterocycles. The summed E-state index contributed by atoms with van der Waals surface area (Å²) < 4.78 is 5.42. The zero-order chi connectivity index (χ0) is 15.6. The molecule has 0 aliphatic rings. The van der Waals surface area contributed by atoms with E-state index < -0.39 is 0 Å². The van der Waals surface area contributed by atoms with Gasteiger partial charge in [-0.05, 0) is 27.0 Å². The van der Waals surface area contributed by atoms with Crippen molar-refractivity contribution < 1.29 is 4.74 Å². The number of halogens is 1. The molecule has 4 nitrogen and oxygen atoms in total. The third kappa shape index (κ3) is 3.64. The zero-order valence-corrected chi connectivity index (χ0v) is 13.6. The molecule has 0 amide bonds. The quantitative estimate of drug-likeness (QED) is 0.923. The molecule has 1 aromatic heterocycles. The average molecular weight is 309 g/mol. The average Bonchev–Trinajstić information content (AvgIpc) is 2.43. The summed E-state index contributed by atoms with van der Waals surface area (Å²) in [5.41, 5.74) is 0.937. The van der Waals surface area contributed by atoms with E-state index in [0.29, 0.717) is 23.7 Å². The van der Waals surface area contributed by atoms with E-state index in [4.69, 9.17) is 16.3 Å². The number of hydrogen-bond acceptors (Lipinski definition) is 3. The van der Waals surface area contributed by atoms with Gasteiger partial charge in [-0.3, -0.25) is 9.69 Å². The van der Waals surface area contributed by atoms with Gasteiger partial charge >= 0.3 is 0 Å². The molecular formula is C16H21ClN2O2. The summed E-state index contributed by atoms with van der Waals surface area (Å²) in [5, 5.41) is 1.39. The van der Waals surface area contributed by atoms with Crippen LogP contribution in [-0.4, -0.2) is 36.2 Å². The fourth-order valence-corrected chi connectivity index (χ4v) is 2.74. The molecule has 21 heavy (non-hydrogen) atoms. The van der Waals surface area contributed by atoms with Crippen LogP contribution >= 0.6 is 11.6 Å². The molecular weight excluding hydrogens is 288 g/mol. The van der Waals surface area contributed by atoms with Gasteiger partial charge in [0.25, 0.3) is 5.56 Å². The molecule has 0 saturated heterocycles. The van der Waals surface area contributed by atoms with Crippen LogP contribution in [0.2, 0.25) is 5.02 Å². The molecule has 0 spiro atoms. The van der Waals surface area contributed by atoms with Crippen LogP contribution in [0.3, 0.4) is 0 Å². The highest BCUT2D eigenvalue weighted by molar-refractivity contribution is 6.36. The third-order valence-corrected chi connectivity index (χ3v) is 4.01. The van der Waals surface area contributed by atoms with Gasteiger partial charge in [0.05, 0.1) is 16.2 Å². The van der Waals surface area contributed by atoms with Gasteiger partial charge in [-0.25, -0.2) is 0 Å². The van der Waals surface area contributed by atoms with E-state index in [1.165, 1.54) is 0 Å². The Bertz CT molecular complexity index is 694. The van der Waals surface area contributed by atoms with Gasteiger partial charge in [-0.15, -0.1) is 0 Å². The summed E-state index contributed by atoms with van der Waals surface area (Å²) in [4.78, 5) is 17.1. The van der Waals surface area contributed by atoms with Gasteiger partial charge in [0.15, 0.2) is 0 Å². The number of hydrogen-bond donors (Lipinski definition) is 1. The Labute approximate surface area is 129 Å². The number of nitrogens with zero attached hydrogens (tertiary/aromatic N) is 1. The van der Waals surface area contributed by atoms with Crippen molar-refractivity contribution in [2.45, 2.75) is 26.0 Å². The number of para-hydroxylation sites is 1. The van der Waals surface area contributed by atoms with Gasteiger partial charge < -0.3 is 9.72 Å². The lowest BCUT2D eigenvalue weighted by Gasteiger charge is -2.29. The number of methoxy groups -OCH3 is 1. The maximum absolute atomic E-state index is 12.2. The standard InChI is InChI=1S/C16H21ClN2O2/c1-16(2,21-4)10-19(3)9-12-14(17)11-7-5-6-8-13(11)18-15(12)20/h5-8H,9-10H2,1-4H3,(H,18,20). The topological polar surface area (TPSA) is 45.3 Å². The Hall–Kier alpha value is -1.36. The number of ether oxygens (including phenoxy) is 1. The fourth-order valence-electron chi connectivity index (χ4n) is 2.43. The Kier molecular flexibility index (Phi) is 4.71. The summed E-state index contributed by atoms with van der Waals surface area (Å²) in [5.74, 6) is 0. The number of rotatable bonds is 5. The minimum Gasteiger partial charge on any atom is -0.377 e. The first-order chi connectivity index (χ1) is 9.84. The van der Waals surface area contributed by atoms with Crippen LogP contribution in [0.4, 0.5) is 0 Å². The van der Waals surface area contributed by atoms with Crippen LogP contribution in [0.15, 0.2) is 29.1 Å². The van der Waals surface area contributed by atoms with Crippen molar-refractivity contribution in [3.05, 3.63) is 45.2 Å². The second-order valence-electron chi connectivity index (χ2n) is 5.93. The normalized spacial score (nSPS) is 12.3. The van der Waals surface area contributed by atoms with E-state index >= 15 is 0 Å². The van der Waals surface area contributed by atoms with Crippen LogP contribution in [0.1, 0.15) is 19.4 Å². The van der Waals surface area contributed by atoms with Gasteiger partial charge in [0, 0.05) is 31.1 Å². The van der Waals surface area contributed by atoms with E-state index in [2.05, 4.69) is 4.98 Å². The predicted octanol–water partition coefficient (Wildman–Crippen LogP) is 3.04. The highest BCUT2D eigenvalue weighted by Crippen LogP contribution is 2.24. The van der Waals surface area contributed by atoms with Crippen molar-refractivity contribution in [1.29, 1.82) is 0 Å². The number of benzene rings is 1. The molecule has 0 atom stereocenters. The largest absolute Gasteiger partial charge is 0.377 e. The molecule has 1 aromatic carbocycles. The predicted molar refractivity (Wildman–Crippen MR) is 87.0 cm³/mol. The van der Waals surface area contributed by atoms with Crippen LogP contribution in [0.5, 0.6) is 0 Å². The second-order valence-corrected chi connectivity index (χ2v) is 6.31. The number of fused-ring (bicyclic) bond motifs is 1. The molecule has 0 bridgehead atoms. The van der Waals surface area contributed by atoms with Crippen LogP contribution < -0.4 is 5.56 Å². The first-order valence-corrected chi connectivity index (χ1v) is 7.25. The van der Waals surface area contributed by atoms with Crippen molar-refractivity contribution >= 4 is 22.5 Å². The molecule has 0 fully saturated rings. The lowest BCUT2D eigenvalue weighted by atomic mass is 10.1. The number of nitrogens with one attached hydrogen (secondary N) is 1. The Morgan fingerprint density at radius 1 is 1.33 bits per heavy atom. The van der Waals surface area contributed by atoms with E-state index in [1.807, 2.05) is 50.1 Å². The molecule has 0 saturated carbocycles. The minimum absolute atomic E-state index is 0.138. The number of H-pyrrole nitrogens is 1. The van der Waals surface area contributed by atoms with E-state index in [0.717, 1.165) is 10.9 Å². The van der Waals surface area contributed by atoms with E-state index in [1.54, 1.807) is 7.11 Å². The fraction of sp³-hybridized carbons (Fsp3) is 0.438. The molecule has 0 aliphatic carbocycles. The van der Waals surface area contributed by atoms with Crippen molar-refractivity contribution in [2.75, 3.05) is 20.7 Å². The Morgan fingerprint density at radius 3 is 2.67 bits per heavy atom. The van der Waals surface area contributed by atoms with Gasteiger partial charge in [0.1, 0.15) is 0 Å². The molecule has 114 valence electrons. The minimum atomic E-state index is -0.273. The summed E-state index contributed by atoms with van der Waals surface area (Å²) in [6.45, 7) is 5.20. The number of aromatic nitrogens is 1. The van der Waals surface area contributed by atoms with Crippen molar-refractivity contribution in [3.8, 4) is 0 Å². The zero-order valence-electron chi connectivity index (χ0n) is 12.9. The highest BCUT2D eigenvalue weighted by atomic mass is 35.5. The Balaban J connectivity index is 2.32. The molecule has 2 rings (SSSR count). The summed E-state index contributed by atoms with van der Waals surface area (Å²) in [7, 11) is 3.63. The summed E-state index contributed by atoms with van der Waals surface area (Å²) in [6, 6.07) is 7.55. The number of pyridine rings is 1. The van der Waals surface area contributed by atoms with Crippen LogP contribution in [0.25, 0.3) is 10.9 Å². The number of aromatic amines is 1.